The lowest BCUT2D eigenvalue weighted by molar-refractivity contribution is -0.116. The van der Waals surface area contributed by atoms with E-state index in [1.807, 2.05) is 0 Å². The lowest BCUT2D eigenvalue weighted by atomic mass is 9.78. The summed E-state index contributed by atoms with van der Waals surface area (Å²) in [6, 6.07) is 1.19. The fourth-order valence-electron chi connectivity index (χ4n) is 3.98. The van der Waals surface area contributed by atoms with E-state index in [1.165, 1.54) is 44.9 Å². The predicted octanol–water partition coefficient (Wildman–Crippen LogP) is 2.58. The molecule has 3 fully saturated rings. The van der Waals surface area contributed by atoms with Crippen molar-refractivity contribution in [2.24, 2.45) is 0 Å². The number of rotatable bonds is 4. The largest absolute Gasteiger partial charge is 0.375 e. The van der Waals surface area contributed by atoms with Gasteiger partial charge in [-0.15, -0.1) is 0 Å². The van der Waals surface area contributed by atoms with E-state index in [4.69, 9.17) is 4.74 Å². The van der Waals surface area contributed by atoms with Crippen molar-refractivity contribution in [2.75, 3.05) is 6.61 Å². The van der Waals surface area contributed by atoms with Crippen LogP contribution < -0.4 is 5.32 Å². The Morgan fingerprint density at radius 3 is 2.90 bits per heavy atom. The van der Waals surface area contributed by atoms with Crippen LogP contribution in [0, 0.1) is 0 Å². The Morgan fingerprint density at radius 1 is 1.24 bits per heavy atom. The van der Waals surface area contributed by atoms with Crippen molar-refractivity contribution in [3.8, 4) is 0 Å². The Hall–Kier alpha value is -0.940. The van der Waals surface area contributed by atoms with Crippen molar-refractivity contribution in [2.45, 2.75) is 82.0 Å². The van der Waals surface area contributed by atoms with Gasteiger partial charge >= 0.3 is 0 Å². The summed E-state index contributed by atoms with van der Waals surface area (Å²) < 4.78 is 8.38. The van der Waals surface area contributed by atoms with Gasteiger partial charge in [0.15, 0.2) is 0 Å². The van der Waals surface area contributed by atoms with Crippen LogP contribution in [0.5, 0.6) is 0 Å². The van der Waals surface area contributed by atoms with E-state index in [1.54, 1.807) is 6.33 Å². The Balaban J connectivity index is 1.46. The zero-order valence-electron chi connectivity index (χ0n) is 12.8. The Kier molecular flexibility index (Phi) is 3.71. The van der Waals surface area contributed by atoms with Gasteiger partial charge in [-0.05, 0) is 38.5 Å². The number of hydrogen-bond acceptors (Lipinski definition) is 4. The third kappa shape index (κ3) is 2.99. The van der Waals surface area contributed by atoms with Crippen LogP contribution in [0.2, 0.25) is 0 Å². The average molecular weight is 290 g/mol. The molecular weight excluding hydrogens is 264 g/mol. The van der Waals surface area contributed by atoms with Gasteiger partial charge in [-0.1, -0.05) is 19.3 Å². The molecule has 0 aromatic carbocycles. The minimum atomic E-state index is 0.133. The van der Waals surface area contributed by atoms with Crippen LogP contribution in [-0.2, 0) is 11.3 Å². The highest BCUT2D eigenvalue weighted by atomic mass is 16.5. The van der Waals surface area contributed by atoms with Gasteiger partial charge in [0.25, 0.3) is 0 Å². The molecule has 2 aliphatic carbocycles. The molecule has 0 bridgehead atoms. The molecule has 5 heteroatoms. The summed E-state index contributed by atoms with van der Waals surface area (Å²) in [5.74, 6) is 1.10. The van der Waals surface area contributed by atoms with Crippen molar-refractivity contribution >= 4 is 0 Å². The van der Waals surface area contributed by atoms with Crippen LogP contribution in [0.1, 0.15) is 69.7 Å². The third-order valence-corrected chi connectivity index (χ3v) is 5.35. The average Bonchev–Trinajstić information content (AvgIpc) is 3.22. The molecule has 1 aromatic heterocycles. The summed E-state index contributed by atoms with van der Waals surface area (Å²) in [6.07, 6.45) is 13.0. The highest BCUT2D eigenvalue weighted by Gasteiger charge is 2.39. The molecule has 2 heterocycles. The molecule has 4 rings (SSSR count). The van der Waals surface area contributed by atoms with E-state index in [0.717, 1.165) is 37.9 Å². The summed E-state index contributed by atoms with van der Waals surface area (Å²) in [5, 5.41) is 8.08. The molecule has 1 N–H and O–H groups in total. The van der Waals surface area contributed by atoms with E-state index in [0.29, 0.717) is 6.04 Å². The number of nitrogens with one attached hydrogen (secondary N) is 1. The fraction of sp³-hybridized carbons (Fsp3) is 0.875. The van der Waals surface area contributed by atoms with Crippen LogP contribution in [0.15, 0.2) is 6.33 Å². The number of ether oxygens (including phenoxy) is 1. The van der Waals surface area contributed by atoms with Gasteiger partial charge < -0.3 is 10.1 Å². The first-order valence-electron chi connectivity index (χ1n) is 8.60. The lowest BCUT2D eigenvalue weighted by Crippen LogP contribution is -2.42. The van der Waals surface area contributed by atoms with E-state index in [2.05, 4.69) is 20.1 Å². The zero-order valence-corrected chi connectivity index (χ0v) is 12.8. The number of nitrogens with zero attached hydrogens (tertiary/aromatic N) is 3. The quantitative estimate of drug-likeness (QED) is 0.926. The molecule has 0 radical (unpaired) electrons. The van der Waals surface area contributed by atoms with Crippen molar-refractivity contribution < 1.29 is 4.74 Å². The topological polar surface area (TPSA) is 52.0 Å². The van der Waals surface area contributed by atoms with Gasteiger partial charge in [-0.2, -0.15) is 5.10 Å². The smallest absolute Gasteiger partial charge is 0.141 e. The van der Waals surface area contributed by atoms with Gasteiger partial charge in [-0.3, -0.25) is 0 Å². The normalized spacial score (nSPS) is 28.9. The van der Waals surface area contributed by atoms with Crippen molar-refractivity contribution in [3.63, 3.8) is 0 Å². The van der Waals surface area contributed by atoms with Crippen LogP contribution >= 0.6 is 0 Å². The summed E-state index contributed by atoms with van der Waals surface area (Å²) >= 11 is 0. The van der Waals surface area contributed by atoms with E-state index in [9.17, 15) is 0 Å². The van der Waals surface area contributed by atoms with Gasteiger partial charge in [0.05, 0.1) is 18.2 Å². The standard InChI is InChI=1S/C16H26N4O/c1-2-7-16(8-3-1)10-14(6-9-21-16)20-15(18-12-19-20)11-17-13-4-5-13/h12-14,17H,1-11H2. The zero-order chi connectivity index (χ0) is 14.1. The lowest BCUT2D eigenvalue weighted by Gasteiger charge is -2.43. The van der Waals surface area contributed by atoms with Crippen molar-refractivity contribution in [1.29, 1.82) is 0 Å². The molecule has 1 aromatic rings. The minimum absolute atomic E-state index is 0.133. The highest BCUT2D eigenvalue weighted by molar-refractivity contribution is 4.96. The van der Waals surface area contributed by atoms with Crippen LogP contribution in [0.3, 0.4) is 0 Å². The molecule has 3 aliphatic rings. The highest BCUT2D eigenvalue weighted by Crippen LogP contribution is 2.42. The van der Waals surface area contributed by atoms with E-state index < -0.39 is 0 Å². The maximum atomic E-state index is 6.21. The second-order valence-electron chi connectivity index (χ2n) is 7.01. The molecule has 0 amide bonds. The minimum Gasteiger partial charge on any atom is -0.375 e. The molecular formula is C16H26N4O. The molecule has 1 atom stereocenters. The molecule has 5 nitrogen and oxygen atoms in total. The van der Waals surface area contributed by atoms with Gasteiger partial charge in [0.2, 0.25) is 0 Å². The molecule has 1 unspecified atom stereocenters. The Labute approximate surface area is 126 Å². The van der Waals surface area contributed by atoms with Gasteiger partial charge in [0, 0.05) is 12.6 Å². The predicted molar refractivity (Wildman–Crippen MR) is 79.9 cm³/mol. The summed E-state index contributed by atoms with van der Waals surface area (Å²) in [6.45, 7) is 1.73. The van der Waals surface area contributed by atoms with Crippen LogP contribution in [0.25, 0.3) is 0 Å². The van der Waals surface area contributed by atoms with Crippen molar-refractivity contribution in [3.05, 3.63) is 12.2 Å². The molecule has 116 valence electrons. The Bertz CT molecular complexity index is 471. The van der Waals surface area contributed by atoms with Gasteiger partial charge in [-0.25, -0.2) is 9.67 Å². The maximum absolute atomic E-state index is 6.21. The van der Waals surface area contributed by atoms with Crippen LogP contribution in [0.4, 0.5) is 0 Å². The monoisotopic (exact) mass is 290 g/mol. The van der Waals surface area contributed by atoms with Crippen molar-refractivity contribution in [1.82, 2.24) is 20.1 Å². The molecule has 1 spiro atoms. The van der Waals surface area contributed by atoms with Crippen LogP contribution in [-0.4, -0.2) is 33.0 Å². The molecule has 1 saturated heterocycles. The summed E-state index contributed by atoms with van der Waals surface area (Å²) in [4.78, 5) is 4.47. The van der Waals surface area contributed by atoms with E-state index in [-0.39, 0.29) is 5.60 Å². The maximum Gasteiger partial charge on any atom is 0.141 e. The first-order chi connectivity index (χ1) is 10.3. The number of aromatic nitrogens is 3. The second-order valence-corrected chi connectivity index (χ2v) is 7.01. The SMILES string of the molecule is c1nc(CNC2CC2)n(C2CCOC3(CCCCC3)C2)n1. The molecule has 1 aliphatic heterocycles. The molecule has 2 saturated carbocycles. The number of hydrogen-bond donors (Lipinski definition) is 1. The summed E-state index contributed by atoms with van der Waals surface area (Å²) in [7, 11) is 0. The third-order valence-electron chi connectivity index (χ3n) is 5.35. The van der Waals surface area contributed by atoms with E-state index >= 15 is 0 Å². The Morgan fingerprint density at radius 2 is 2.10 bits per heavy atom. The summed E-state index contributed by atoms with van der Waals surface area (Å²) in [5.41, 5.74) is 0.133. The second kappa shape index (κ2) is 5.69. The molecule has 21 heavy (non-hydrogen) atoms. The fourth-order valence-corrected chi connectivity index (χ4v) is 3.98. The van der Waals surface area contributed by atoms with Gasteiger partial charge in [0.1, 0.15) is 12.2 Å². The first-order valence-corrected chi connectivity index (χ1v) is 8.60. The first kappa shape index (κ1) is 13.7.